The SMILES string of the molecule is C=C(CCC(=O)c1cc2cc(Cl)c(OC)cc2s1)OC. The second-order valence-corrected chi connectivity index (χ2v) is 5.79. The second-order valence-electron chi connectivity index (χ2n) is 4.30. The normalized spacial score (nSPS) is 10.6. The van der Waals surface area contributed by atoms with Crippen molar-refractivity contribution in [1.82, 2.24) is 0 Å². The number of fused-ring (bicyclic) bond motifs is 1. The number of ketones is 1. The number of hydrogen-bond acceptors (Lipinski definition) is 4. The lowest BCUT2D eigenvalue weighted by atomic mass is 10.1. The molecule has 1 heterocycles. The van der Waals surface area contributed by atoms with Gasteiger partial charge in [0.25, 0.3) is 0 Å². The van der Waals surface area contributed by atoms with Crippen molar-refractivity contribution in [3.8, 4) is 5.75 Å². The Balaban J connectivity index is 2.23. The molecule has 1 aromatic carbocycles. The summed E-state index contributed by atoms with van der Waals surface area (Å²) in [5.41, 5.74) is 0. The van der Waals surface area contributed by atoms with Crippen molar-refractivity contribution in [3.63, 3.8) is 0 Å². The summed E-state index contributed by atoms with van der Waals surface area (Å²) < 4.78 is 11.1. The molecule has 0 spiro atoms. The van der Waals surface area contributed by atoms with Crippen molar-refractivity contribution >= 4 is 38.8 Å². The van der Waals surface area contributed by atoms with E-state index >= 15 is 0 Å². The van der Waals surface area contributed by atoms with Gasteiger partial charge in [-0.2, -0.15) is 0 Å². The molecule has 0 radical (unpaired) electrons. The molecule has 20 heavy (non-hydrogen) atoms. The number of allylic oxidation sites excluding steroid dienone is 1. The molecule has 0 atom stereocenters. The summed E-state index contributed by atoms with van der Waals surface area (Å²) in [6.45, 7) is 3.71. The van der Waals surface area contributed by atoms with E-state index in [1.165, 1.54) is 11.3 Å². The van der Waals surface area contributed by atoms with Crippen LogP contribution >= 0.6 is 22.9 Å². The quantitative estimate of drug-likeness (QED) is 0.573. The monoisotopic (exact) mass is 310 g/mol. The van der Waals surface area contributed by atoms with Crippen LogP contribution in [0.25, 0.3) is 10.1 Å². The van der Waals surface area contributed by atoms with Crippen LogP contribution in [0.5, 0.6) is 5.75 Å². The third kappa shape index (κ3) is 3.14. The Morgan fingerprint density at radius 3 is 2.70 bits per heavy atom. The van der Waals surface area contributed by atoms with Gasteiger partial charge in [-0.25, -0.2) is 0 Å². The Morgan fingerprint density at radius 1 is 1.30 bits per heavy atom. The number of benzene rings is 1. The largest absolute Gasteiger partial charge is 0.502 e. The molecule has 0 fully saturated rings. The molecule has 0 N–H and O–H groups in total. The van der Waals surface area contributed by atoms with Crippen LogP contribution in [0.4, 0.5) is 0 Å². The fourth-order valence-corrected chi connectivity index (χ4v) is 3.10. The zero-order chi connectivity index (χ0) is 14.7. The van der Waals surface area contributed by atoms with Crippen LogP contribution in [0.2, 0.25) is 5.02 Å². The molecule has 1 aromatic heterocycles. The van der Waals surface area contributed by atoms with Crippen molar-refractivity contribution in [2.24, 2.45) is 0 Å². The van der Waals surface area contributed by atoms with Crippen LogP contribution in [-0.2, 0) is 4.74 Å². The molecule has 3 nitrogen and oxygen atoms in total. The highest BCUT2D eigenvalue weighted by molar-refractivity contribution is 7.20. The molecule has 0 aliphatic rings. The van der Waals surface area contributed by atoms with Crippen molar-refractivity contribution in [3.05, 3.63) is 40.4 Å². The first kappa shape index (κ1) is 14.9. The molecule has 0 saturated carbocycles. The van der Waals surface area contributed by atoms with Crippen LogP contribution in [0.3, 0.4) is 0 Å². The maximum Gasteiger partial charge on any atom is 0.173 e. The highest BCUT2D eigenvalue weighted by Gasteiger charge is 2.13. The number of carbonyl (C=O) groups is 1. The topological polar surface area (TPSA) is 35.5 Å². The molecule has 0 unspecified atom stereocenters. The van der Waals surface area contributed by atoms with E-state index in [0.29, 0.717) is 34.3 Å². The third-order valence-electron chi connectivity index (χ3n) is 2.99. The first-order chi connectivity index (χ1) is 9.55. The second kappa shape index (κ2) is 6.29. The summed E-state index contributed by atoms with van der Waals surface area (Å²) in [5, 5.41) is 1.50. The van der Waals surface area contributed by atoms with Gasteiger partial charge in [-0.1, -0.05) is 18.2 Å². The number of rotatable bonds is 6. The van der Waals surface area contributed by atoms with E-state index in [0.717, 1.165) is 10.1 Å². The van der Waals surface area contributed by atoms with E-state index < -0.39 is 0 Å². The molecule has 106 valence electrons. The molecular weight excluding hydrogens is 296 g/mol. The standard InChI is InChI=1S/C15H15ClO3S/c1-9(18-2)4-5-12(17)15-7-10-6-11(16)13(19-3)8-14(10)20-15/h6-8H,1,4-5H2,2-3H3. The van der Waals surface area contributed by atoms with E-state index in [4.69, 9.17) is 21.1 Å². The van der Waals surface area contributed by atoms with E-state index in [1.54, 1.807) is 14.2 Å². The molecule has 0 aliphatic carbocycles. The maximum atomic E-state index is 12.1. The average molecular weight is 311 g/mol. The molecule has 2 rings (SSSR count). The lowest BCUT2D eigenvalue weighted by molar-refractivity contribution is 0.0980. The lowest BCUT2D eigenvalue weighted by Gasteiger charge is -2.01. The molecule has 0 amide bonds. The van der Waals surface area contributed by atoms with E-state index in [2.05, 4.69) is 6.58 Å². The zero-order valence-corrected chi connectivity index (χ0v) is 12.9. The Bertz CT molecular complexity index is 660. The Labute approximate surface area is 126 Å². The summed E-state index contributed by atoms with van der Waals surface area (Å²) >= 11 is 7.52. The first-order valence-corrected chi connectivity index (χ1v) is 7.26. The summed E-state index contributed by atoms with van der Waals surface area (Å²) in [4.78, 5) is 12.8. The van der Waals surface area contributed by atoms with Gasteiger partial charge in [-0.15, -0.1) is 11.3 Å². The molecule has 5 heteroatoms. The van der Waals surface area contributed by atoms with Crippen molar-refractivity contribution in [2.45, 2.75) is 12.8 Å². The molecule has 0 saturated heterocycles. The van der Waals surface area contributed by atoms with Gasteiger partial charge < -0.3 is 9.47 Å². The minimum absolute atomic E-state index is 0.0829. The van der Waals surface area contributed by atoms with Crippen LogP contribution in [-0.4, -0.2) is 20.0 Å². The number of carbonyl (C=O) groups excluding carboxylic acids is 1. The number of halogens is 1. The highest BCUT2D eigenvalue weighted by Crippen LogP contribution is 2.35. The number of ether oxygens (including phenoxy) is 2. The van der Waals surface area contributed by atoms with E-state index in [9.17, 15) is 4.79 Å². The molecule has 2 aromatic rings. The number of hydrogen-bond donors (Lipinski definition) is 0. The van der Waals surface area contributed by atoms with Crippen molar-refractivity contribution in [2.75, 3.05) is 14.2 Å². The van der Waals surface area contributed by atoms with Crippen LogP contribution in [0.1, 0.15) is 22.5 Å². The van der Waals surface area contributed by atoms with Gasteiger partial charge in [0.1, 0.15) is 5.75 Å². The fourth-order valence-electron chi connectivity index (χ4n) is 1.81. The molecule has 0 bridgehead atoms. The molecular formula is C15H15ClO3S. The van der Waals surface area contributed by atoms with Gasteiger partial charge in [-0.05, 0) is 23.6 Å². The zero-order valence-electron chi connectivity index (χ0n) is 11.4. The predicted octanol–water partition coefficient (Wildman–Crippen LogP) is 4.69. The van der Waals surface area contributed by atoms with Gasteiger partial charge in [0.2, 0.25) is 0 Å². The fraction of sp³-hybridized carbons (Fsp3) is 0.267. The van der Waals surface area contributed by atoms with Gasteiger partial charge in [0.15, 0.2) is 5.78 Å². The number of methoxy groups -OCH3 is 2. The summed E-state index contributed by atoms with van der Waals surface area (Å²) in [6, 6.07) is 5.54. The third-order valence-corrected chi connectivity index (χ3v) is 4.42. The van der Waals surface area contributed by atoms with E-state index in [1.807, 2.05) is 18.2 Å². The molecule has 0 aliphatic heterocycles. The lowest BCUT2D eigenvalue weighted by Crippen LogP contribution is -1.97. The van der Waals surface area contributed by atoms with Gasteiger partial charge >= 0.3 is 0 Å². The Morgan fingerprint density at radius 2 is 2.05 bits per heavy atom. The van der Waals surface area contributed by atoms with Gasteiger partial charge in [0, 0.05) is 17.5 Å². The summed E-state index contributed by atoms with van der Waals surface area (Å²) in [5.74, 6) is 1.32. The predicted molar refractivity (Wildman–Crippen MR) is 83.1 cm³/mol. The van der Waals surface area contributed by atoms with E-state index in [-0.39, 0.29) is 5.78 Å². The summed E-state index contributed by atoms with van der Waals surface area (Å²) in [7, 11) is 3.13. The van der Waals surface area contributed by atoms with Crippen LogP contribution < -0.4 is 4.74 Å². The average Bonchev–Trinajstić information content (AvgIpc) is 2.85. The smallest absolute Gasteiger partial charge is 0.173 e. The first-order valence-electron chi connectivity index (χ1n) is 6.07. The van der Waals surface area contributed by atoms with Gasteiger partial charge in [-0.3, -0.25) is 4.79 Å². The van der Waals surface area contributed by atoms with Crippen molar-refractivity contribution in [1.29, 1.82) is 0 Å². The maximum absolute atomic E-state index is 12.1. The number of Topliss-reactive ketones (excluding diaryl/α,β-unsaturated/α-hetero) is 1. The number of thiophene rings is 1. The van der Waals surface area contributed by atoms with Crippen LogP contribution in [0.15, 0.2) is 30.5 Å². The van der Waals surface area contributed by atoms with Crippen LogP contribution in [0, 0.1) is 0 Å². The minimum Gasteiger partial charge on any atom is -0.502 e. The van der Waals surface area contributed by atoms with Gasteiger partial charge in [0.05, 0.1) is 29.9 Å². The van der Waals surface area contributed by atoms with Crippen molar-refractivity contribution < 1.29 is 14.3 Å². The Hall–Kier alpha value is -1.52. The summed E-state index contributed by atoms with van der Waals surface area (Å²) in [6.07, 6.45) is 0.929. The highest BCUT2D eigenvalue weighted by atomic mass is 35.5. The minimum atomic E-state index is 0.0829. The Kier molecular flexibility index (Phi) is 4.68.